The van der Waals surface area contributed by atoms with E-state index in [0.717, 1.165) is 55.7 Å². The van der Waals surface area contributed by atoms with E-state index in [2.05, 4.69) is 16.4 Å². The van der Waals surface area contributed by atoms with Crippen molar-refractivity contribution in [1.82, 2.24) is 10.3 Å². The highest BCUT2D eigenvalue weighted by Crippen LogP contribution is 2.60. The van der Waals surface area contributed by atoms with E-state index in [-0.39, 0.29) is 5.41 Å². The van der Waals surface area contributed by atoms with Gasteiger partial charge in [-0.15, -0.1) is 0 Å². The smallest absolute Gasteiger partial charge is 0.226 e. The van der Waals surface area contributed by atoms with Crippen molar-refractivity contribution >= 4 is 5.91 Å². The van der Waals surface area contributed by atoms with Crippen LogP contribution in [0.4, 0.5) is 0 Å². The van der Waals surface area contributed by atoms with Crippen LogP contribution in [0.25, 0.3) is 0 Å². The highest BCUT2D eigenvalue weighted by atomic mass is 16.2. The molecule has 4 aliphatic carbocycles. The first-order chi connectivity index (χ1) is 10.6. The zero-order valence-electron chi connectivity index (χ0n) is 13.5. The van der Waals surface area contributed by atoms with Crippen LogP contribution in [-0.2, 0) is 11.2 Å². The van der Waals surface area contributed by atoms with Gasteiger partial charge in [0.2, 0.25) is 5.91 Å². The second-order valence-corrected chi connectivity index (χ2v) is 8.01. The third kappa shape index (κ3) is 2.55. The first kappa shape index (κ1) is 14.2. The minimum absolute atomic E-state index is 0.0136. The van der Waals surface area contributed by atoms with E-state index >= 15 is 0 Å². The van der Waals surface area contributed by atoms with E-state index in [4.69, 9.17) is 0 Å². The Balaban J connectivity index is 1.35. The molecule has 0 aromatic carbocycles. The second kappa shape index (κ2) is 5.36. The van der Waals surface area contributed by atoms with Crippen LogP contribution in [0.15, 0.2) is 18.3 Å². The molecule has 118 valence electrons. The number of nitrogens with one attached hydrogen (secondary N) is 1. The van der Waals surface area contributed by atoms with E-state index in [0.29, 0.717) is 5.91 Å². The molecule has 5 rings (SSSR count). The maximum Gasteiger partial charge on any atom is 0.226 e. The molecule has 1 heterocycles. The Labute approximate surface area is 132 Å². The van der Waals surface area contributed by atoms with E-state index in [1.165, 1.54) is 24.8 Å². The maximum absolute atomic E-state index is 12.8. The summed E-state index contributed by atoms with van der Waals surface area (Å²) in [6.45, 7) is 2.74. The molecule has 4 saturated carbocycles. The first-order valence-corrected chi connectivity index (χ1v) is 8.83. The van der Waals surface area contributed by atoms with Gasteiger partial charge in [0.15, 0.2) is 0 Å². The Morgan fingerprint density at radius 1 is 1.18 bits per heavy atom. The average molecular weight is 298 g/mol. The lowest BCUT2D eigenvalue weighted by Crippen LogP contribution is -2.53. The van der Waals surface area contributed by atoms with Crippen LogP contribution in [0, 0.1) is 30.1 Å². The van der Waals surface area contributed by atoms with E-state index in [9.17, 15) is 4.79 Å². The van der Waals surface area contributed by atoms with Crippen molar-refractivity contribution in [1.29, 1.82) is 0 Å². The number of carbonyl (C=O) groups is 1. The maximum atomic E-state index is 12.8. The molecule has 4 bridgehead atoms. The number of nitrogens with zero attached hydrogens (tertiary/aromatic N) is 1. The summed E-state index contributed by atoms with van der Waals surface area (Å²) in [4.78, 5) is 17.1. The van der Waals surface area contributed by atoms with Gasteiger partial charge in [0, 0.05) is 23.9 Å². The van der Waals surface area contributed by atoms with Gasteiger partial charge < -0.3 is 5.32 Å². The lowest BCUT2D eigenvalue weighted by atomic mass is 9.49. The van der Waals surface area contributed by atoms with Crippen LogP contribution in [0.2, 0.25) is 0 Å². The largest absolute Gasteiger partial charge is 0.355 e. The fourth-order valence-corrected chi connectivity index (χ4v) is 5.54. The summed E-state index contributed by atoms with van der Waals surface area (Å²) in [6.07, 6.45) is 10.4. The molecule has 3 heteroatoms. The Bertz CT molecular complexity index is 528. The normalized spacial score (nSPS) is 35.6. The zero-order valence-corrected chi connectivity index (χ0v) is 13.5. The summed E-state index contributed by atoms with van der Waals surface area (Å²) in [5.41, 5.74) is 2.23. The van der Waals surface area contributed by atoms with Crippen molar-refractivity contribution in [3.63, 3.8) is 0 Å². The molecule has 3 nitrogen and oxygen atoms in total. The van der Waals surface area contributed by atoms with Crippen molar-refractivity contribution < 1.29 is 4.79 Å². The van der Waals surface area contributed by atoms with Crippen LogP contribution in [-0.4, -0.2) is 17.4 Å². The predicted octanol–water partition coefficient (Wildman–Crippen LogP) is 3.27. The Morgan fingerprint density at radius 3 is 2.36 bits per heavy atom. The molecule has 0 spiro atoms. The molecule has 0 aliphatic heterocycles. The number of aryl methyl sites for hydroxylation is 1. The monoisotopic (exact) mass is 298 g/mol. The predicted molar refractivity (Wildman–Crippen MR) is 86.3 cm³/mol. The SMILES string of the molecule is Cc1ccc(CCNC(=O)C23CC4CC(CC(C4)C2)C3)cn1. The molecule has 1 aromatic rings. The molecule has 1 amide bonds. The number of aromatic nitrogens is 1. The zero-order chi connectivity index (χ0) is 15.2. The molecule has 22 heavy (non-hydrogen) atoms. The van der Waals surface area contributed by atoms with Crippen LogP contribution in [0.5, 0.6) is 0 Å². The van der Waals surface area contributed by atoms with Crippen molar-refractivity contribution in [2.45, 2.75) is 51.9 Å². The molecule has 4 aliphatic rings. The molecular formula is C19H26N2O. The lowest BCUT2D eigenvalue weighted by Gasteiger charge is -2.55. The molecule has 0 saturated heterocycles. The molecule has 0 unspecified atom stereocenters. The second-order valence-electron chi connectivity index (χ2n) is 8.01. The summed E-state index contributed by atoms with van der Waals surface area (Å²) < 4.78 is 0. The van der Waals surface area contributed by atoms with Crippen molar-refractivity contribution in [3.05, 3.63) is 29.6 Å². The molecule has 1 aromatic heterocycles. The van der Waals surface area contributed by atoms with E-state index in [1.807, 2.05) is 19.2 Å². The molecule has 1 N–H and O–H groups in total. The highest BCUT2D eigenvalue weighted by Gasteiger charge is 2.54. The number of hydrogen-bond acceptors (Lipinski definition) is 2. The number of amides is 1. The van der Waals surface area contributed by atoms with Gasteiger partial charge >= 0.3 is 0 Å². The highest BCUT2D eigenvalue weighted by molar-refractivity contribution is 5.83. The van der Waals surface area contributed by atoms with Crippen LogP contribution >= 0.6 is 0 Å². The van der Waals surface area contributed by atoms with Crippen molar-refractivity contribution in [2.24, 2.45) is 23.2 Å². The number of rotatable bonds is 4. The third-order valence-corrected chi connectivity index (χ3v) is 6.19. The number of pyridine rings is 1. The van der Waals surface area contributed by atoms with Gasteiger partial charge in [0.1, 0.15) is 0 Å². The average Bonchev–Trinajstić information content (AvgIpc) is 2.48. The van der Waals surface area contributed by atoms with Crippen molar-refractivity contribution in [3.8, 4) is 0 Å². The van der Waals surface area contributed by atoms with Crippen LogP contribution in [0.3, 0.4) is 0 Å². The van der Waals surface area contributed by atoms with Gasteiger partial charge in [-0.3, -0.25) is 9.78 Å². The minimum atomic E-state index is -0.0136. The fourth-order valence-electron chi connectivity index (χ4n) is 5.54. The first-order valence-electron chi connectivity index (χ1n) is 8.83. The topological polar surface area (TPSA) is 42.0 Å². The van der Waals surface area contributed by atoms with Gasteiger partial charge in [-0.05, 0) is 81.3 Å². The molecule has 0 radical (unpaired) electrons. The standard InChI is InChI=1S/C19H26N2O/c1-13-2-3-14(12-21-13)4-5-20-18(22)19-9-15-6-16(10-19)8-17(7-15)11-19/h2-3,12,15-17H,4-11H2,1H3,(H,20,22). The summed E-state index contributed by atoms with van der Waals surface area (Å²) in [7, 11) is 0. The lowest BCUT2D eigenvalue weighted by molar-refractivity contribution is -0.146. The van der Waals surface area contributed by atoms with E-state index < -0.39 is 0 Å². The number of carbonyl (C=O) groups excluding carboxylic acids is 1. The quantitative estimate of drug-likeness (QED) is 0.927. The van der Waals surface area contributed by atoms with E-state index in [1.54, 1.807) is 0 Å². The van der Waals surface area contributed by atoms with Gasteiger partial charge in [-0.2, -0.15) is 0 Å². The van der Waals surface area contributed by atoms with Crippen molar-refractivity contribution in [2.75, 3.05) is 6.54 Å². The summed E-state index contributed by atoms with van der Waals surface area (Å²) in [5, 5.41) is 3.24. The fraction of sp³-hybridized carbons (Fsp3) is 0.684. The Morgan fingerprint density at radius 2 is 1.82 bits per heavy atom. The summed E-state index contributed by atoms with van der Waals surface area (Å²) >= 11 is 0. The molecule has 0 atom stereocenters. The van der Waals surface area contributed by atoms with Crippen LogP contribution in [0.1, 0.15) is 49.8 Å². The minimum Gasteiger partial charge on any atom is -0.355 e. The van der Waals surface area contributed by atoms with Gasteiger partial charge in [0.05, 0.1) is 0 Å². The number of hydrogen-bond donors (Lipinski definition) is 1. The van der Waals surface area contributed by atoms with Gasteiger partial charge in [-0.25, -0.2) is 0 Å². The summed E-state index contributed by atoms with van der Waals surface area (Å²) in [6, 6.07) is 4.15. The van der Waals surface area contributed by atoms with Gasteiger partial charge in [-0.1, -0.05) is 6.07 Å². The molecule has 4 fully saturated rings. The summed E-state index contributed by atoms with van der Waals surface area (Å²) in [5.74, 6) is 2.83. The van der Waals surface area contributed by atoms with Crippen LogP contribution < -0.4 is 5.32 Å². The third-order valence-electron chi connectivity index (χ3n) is 6.19. The molecular weight excluding hydrogens is 272 g/mol. The Hall–Kier alpha value is -1.38. The Kier molecular flexibility index (Phi) is 3.47. The van der Waals surface area contributed by atoms with Gasteiger partial charge in [0.25, 0.3) is 0 Å².